The molecule has 0 aliphatic carbocycles. The Kier molecular flexibility index (Phi) is 8.37. The molecule has 0 fully saturated rings. The van der Waals surface area contributed by atoms with Crippen LogP contribution in [0.4, 0.5) is 10.7 Å². The lowest BCUT2D eigenvalue weighted by Gasteiger charge is -1.88. The van der Waals surface area contributed by atoms with E-state index in [0.29, 0.717) is 0 Å². The fourth-order valence-electron chi connectivity index (χ4n) is 0.873. The van der Waals surface area contributed by atoms with Gasteiger partial charge < -0.3 is 14.9 Å². The van der Waals surface area contributed by atoms with Gasteiger partial charge in [-0.1, -0.05) is 0 Å². The Morgan fingerprint density at radius 1 is 1.58 bits per heavy atom. The molecule has 0 aliphatic rings. The van der Waals surface area contributed by atoms with Crippen LogP contribution in [0.5, 0.6) is 0 Å². The first kappa shape index (κ1) is 16.6. The highest BCUT2D eigenvalue weighted by atomic mass is 16.6. The lowest BCUT2D eigenvalue weighted by Crippen LogP contribution is -2.24. The lowest BCUT2D eigenvalue weighted by atomic mass is 10.5. The minimum absolute atomic E-state index is 0.144. The van der Waals surface area contributed by atoms with Crippen LogP contribution in [0.25, 0.3) is 0 Å². The number of ether oxygens (including phenoxy) is 1. The summed E-state index contributed by atoms with van der Waals surface area (Å²) in [5.74, 6) is -0.254. The van der Waals surface area contributed by atoms with Crippen LogP contribution in [0.1, 0.15) is 19.6 Å². The fraction of sp³-hybridized carbons (Fsp3) is 0.400. The van der Waals surface area contributed by atoms with Crippen LogP contribution < -0.4 is 11.2 Å². The predicted molar refractivity (Wildman–Crippen MR) is 67.8 cm³/mol. The van der Waals surface area contributed by atoms with E-state index in [2.05, 4.69) is 9.52 Å². The van der Waals surface area contributed by atoms with Gasteiger partial charge in [-0.05, 0) is 19.9 Å². The third-order valence-electron chi connectivity index (χ3n) is 1.57. The first-order valence-electron chi connectivity index (χ1n) is 5.41. The van der Waals surface area contributed by atoms with E-state index in [-0.39, 0.29) is 5.76 Å². The number of furan rings is 1. The molecule has 9 heteroatoms. The zero-order chi connectivity index (χ0) is 14.7. The normalized spacial score (nSPS) is 9.79. The van der Waals surface area contributed by atoms with Crippen molar-refractivity contribution >= 4 is 18.1 Å². The SMILES string of the molecule is CCOCC.NC(=O)N/N=C/c1ccc([N+](=O)[O-])o1. The van der Waals surface area contributed by atoms with Crippen molar-refractivity contribution in [1.29, 1.82) is 0 Å². The minimum Gasteiger partial charge on any atom is -0.400 e. The summed E-state index contributed by atoms with van der Waals surface area (Å²) < 4.78 is 9.52. The maximum atomic E-state index is 10.2. The molecular weight excluding hydrogens is 256 g/mol. The summed E-state index contributed by atoms with van der Waals surface area (Å²) in [6.07, 6.45) is 1.10. The highest BCUT2D eigenvalue weighted by Gasteiger charge is 2.09. The molecule has 0 aliphatic heterocycles. The minimum atomic E-state index is -0.831. The molecule has 1 rings (SSSR count). The molecule has 106 valence electrons. The summed E-state index contributed by atoms with van der Waals surface area (Å²) in [6.45, 7) is 5.67. The van der Waals surface area contributed by atoms with Crippen molar-refractivity contribution in [3.05, 3.63) is 28.0 Å². The summed E-state index contributed by atoms with van der Waals surface area (Å²) in [4.78, 5) is 19.7. The molecule has 1 aromatic heterocycles. The number of nitrogens with zero attached hydrogens (tertiary/aromatic N) is 2. The number of nitro groups is 1. The maximum Gasteiger partial charge on any atom is 0.433 e. The van der Waals surface area contributed by atoms with E-state index in [1.54, 1.807) is 0 Å². The van der Waals surface area contributed by atoms with Gasteiger partial charge in [-0.3, -0.25) is 10.1 Å². The molecule has 1 aromatic rings. The van der Waals surface area contributed by atoms with Gasteiger partial charge in [0.05, 0.1) is 12.3 Å². The number of carbonyl (C=O) groups is 1. The molecule has 9 nitrogen and oxygen atoms in total. The van der Waals surface area contributed by atoms with Crippen molar-refractivity contribution in [2.24, 2.45) is 10.8 Å². The van der Waals surface area contributed by atoms with Gasteiger partial charge in [0.2, 0.25) is 0 Å². The topological polar surface area (TPSA) is 133 Å². The molecule has 0 radical (unpaired) electrons. The van der Waals surface area contributed by atoms with Crippen molar-refractivity contribution in [3.8, 4) is 0 Å². The molecule has 19 heavy (non-hydrogen) atoms. The first-order valence-corrected chi connectivity index (χ1v) is 5.41. The van der Waals surface area contributed by atoms with Crippen LogP contribution in [0.3, 0.4) is 0 Å². The predicted octanol–water partition coefficient (Wildman–Crippen LogP) is 1.23. The van der Waals surface area contributed by atoms with Gasteiger partial charge in [0.25, 0.3) is 0 Å². The lowest BCUT2D eigenvalue weighted by molar-refractivity contribution is -0.402. The van der Waals surface area contributed by atoms with Crippen molar-refractivity contribution < 1.29 is 18.9 Å². The van der Waals surface area contributed by atoms with Gasteiger partial charge in [-0.25, -0.2) is 10.2 Å². The van der Waals surface area contributed by atoms with Crippen LogP contribution >= 0.6 is 0 Å². The van der Waals surface area contributed by atoms with E-state index in [4.69, 9.17) is 10.5 Å². The van der Waals surface area contributed by atoms with Crippen molar-refractivity contribution in [1.82, 2.24) is 5.43 Å². The molecule has 0 unspecified atom stereocenters. The molecule has 0 saturated heterocycles. The van der Waals surface area contributed by atoms with Crippen molar-refractivity contribution in [3.63, 3.8) is 0 Å². The van der Waals surface area contributed by atoms with Crippen molar-refractivity contribution in [2.75, 3.05) is 13.2 Å². The fourth-order valence-corrected chi connectivity index (χ4v) is 0.873. The standard InChI is InChI=1S/C6H6N4O4.C4H10O/c7-6(11)9-8-3-4-1-2-5(14-4)10(12)13;1-3-5-4-2/h1-3H,(H3,7,9,11);3-4H2,1-2H3/b8-3+;. The number of nitrogens with two attached hydrogens (primary N) is 1. The summed E-state index contributed by atoms with van der Waals surface area (Å²) >= 11 is 0. The summed E-state index contributed by atoms with van der Waals surface area (Å²) in [6, 6.07) is 1.68. The number of urea groups is 1. The Balaban J connectivity index is 0.000000555. The van der Waals surface area contributed by atoms with E-state index in [0.717, 1.165) is 19.4 Å². The van der Waals surface area contributed by atoms with Gasteiger partial charge in [0.15, 0.2) is 5.76 Å². The highest BCUT2D eigenvalue weighted by molar-refractivity contribution is 5.78. The molecule has 0 bridgehead atoms. The van der Waals surface area contributed by atoms with Crippen LogP contribution in [0.2, 0.25) is 0 Å². The Labute approximate surface area is 109 Å². The number of primary amides is 1. The third kappa shape index (κ3) is 8.32. The van der Waals surface area contributed by atoms with Gasteiger partial charge in [0, 0.05) is 13.2 Å². The Bertz CT molecular complexity index is 427. The summed E-state index contributed by atoms with van der Waals surface area (Å²) in [5, 5.41) is 13.5. The number of carbonyl (C=O) groups excluding carboxylic acids is 1. The van der Waals surface area contributed by atoms with E-state index in [1.807, 2.05) is 19.3 Å². The average Bonchev–Trinajstić information content (AvgIpc) is 2.79. The Morgan fingerprint density at radius 3 is 2.58 bits per heavy atom. The monoisotopic (exact) mass is 272 g/mol. The second kappa shape index (κ2) is 9.59. The molecular formula is C10H16N4O5. The molecule has 0 saturated carbocycles. The highest BCUT2D eigenvalue weighted by Crippen LogP contribution is 2.13. The van der Waals surface area contributed by atoms with Gasteiger partial charge >= 0.3 is 11.9 Å². The van der Waals surface area contributed by atoms with Crippen LogP contribution in [0.15, 0.2) is 21.7 Å². The zero-order valence-electron chi connectivity index (χ0n) is 10.7. The smallest absolute Gasteiger partial charge is 0.400 e. The van der Waals surface area contributed by atoms with Crippen LogP contribution in [-0.4, -0.2) is 30.4 Å². The Hall–Kier alpha value is -2.42. The quantitative estimate of drug-likeness (QED) is 0.472. The first-order chi connectivity index (χ1) is 9.01. The second-order valence-electron chi connectivity index (χ2n) is 2.95. The zero-order valence-corrected chi connectivity index (χ0v) is 10.7. The van der Waals surface area contributed by atoms with Crippen LogP contribution in [0, 0.1) is 10.1 Å². The van der Waals surface area contributed by atoms with Gasteiger partial charge in [-0.15, -0.1) is 0 Å². The van der Waals surface area contributed by atoms with E-state index < -0.39 is 16.8 Å². The van der Waals surface area contributed by atoms with E-state index in [9.17, 15) is 14.9 Å². The average molecular weight is 272 g/mol. The second-order valence-corrected chi connectivity index (χ2v) is 2.95. The number of hydrazone groups is 1. The van der Waals surface area contributed by atoms with Gasteiger partial charge in [0.1, 0.15) is 4.92 Å². The largest absolute Gasteiger partial charge is 0.433 e. The third-order valence-corrected chi connectivity index (χ3v) is 1.57. The van der Waals surface area contributed by atoms with Crippen LogP contribution in [-0.2, 0) is 4.74 Å². The molecule has 0 aromatic carbocycles. The molecule has 0 spiro atoms. The van der Waals surface area contributed by atoms with Crippen molar-refractivity contribution in [2.45, 2.75) is 13.8 Å². The molecule has 0 atom stereocenters. The van der Waals surface area contributed by atoms with E-state index in [1.165, 1.54) is 12.1 Å². The number of hydrogen-bond donors (Lipinski definition) is 2. The molecule has 3 N–H and O–H groups in total. The Morgan fingerprint density at radius 2 is 2.21 bits per heavy atom. The van der Waals surface area contributed by atoms with E-state index >= 15 is 0 Å². The molecule has 1 heterocycles. The maximum absolute atomic E-state index is 10.2. The number of amides is 2. The number of nitrogens with one attached hydrogen (secondary N) is 1. The number of rotatable bonds is 5. The molecule has 2 amide bonds. The number of hydrogen-bond acceptors (Lipinski definition) is 6. The van der Waals surface area contributed by atoms with Gasteiger partial charge in [-0.2, -0.15) is 5.10 Å². The summed E-state index contributed by atoms with van der Waals surface area (Å²) in [7, 11) is 0. The summed E-state index contributed by atoms with van der Waals surface area (Å²) in [5.41, 5.74) is 6.62.